The maximum atomic E-state index is 12.9. The number of carbonyl (C=O) groups is 2. The molecule has 1 N–H and O–H groups in total. The number of benzene rings is 1. The van der Waals surface area contributed by atoms with E-state index in [-0.39, 0.29) is 24.4 Å². The SMILES string of the molecule is COC(CNC(=O)c1ccc2c(c1)N(C1CC1)C(=O)C2(C)C)(OC)c1cccnc1. The van der Waals surface area contributed by atoms with Crippen molar-refractivity contribution in [2.45, 2.75) is 43.9 Å². The van der Waals surface area contributed by atoms with Crippen molar-refractivity contribution >= 4 is 17.5 Å². The molecule has 0 spiro atoms. The number of pyridine rings is 1. The van der Waals surface area contributed by atoms with Gasteiger partial charge in [-0.2, -0.15) is 0 Å². The van der Waals surface area contributed by atoms with Gasteiger partial charge in [0, 0.05) is 49.5 Å². The standard InChI is InChI=1S/C23H27N3O4/c1-22(2)18-10-7-15(12-19(18)26(21(22)28)17-8-9-17)20(27)25-14-23(29-3,30-4)16-6-5-11-24-13-16/h5-7,10-13,17H,8-9,14H2,1-4H3,(H,25,27). The normalized spacial score (nSPS) is 17.7. The second-order valence-electron chi connectivity index (χ2n) is 8.35. The molecule has 7 nitrogen and oxygen atoms in total. The van der Waals surface area contributed by atoms with E-state index in [0.29, 0.717) is 11.1 Å². The van der Waals surface area contributed by atoms with E-state index in [1.807, 2.05) is 36.9 Å². The first-order valence-electron chi connectivity index (χ1n) is 10.1. The molecule has 1 aromatic heterocycles. The lowest BCUT2D eigenvalue weighted by molar-refractivity contribution is -0.211. The molecule has 30 heavy (non-hydrogen) atoms. The van der Waals surface area contributed by atoms with Crippen LogP contribution in [0.4, 0.5) is 5.69 Å². The van der Waals surface area contributed by atoms with Crippen molar-refractivity contribution in [1.29, 1.82) is 0 Å². The first-order chi connectivity index (χ1) is 14.3. The Morgan fingerprint density at radius 3 is 2.60 bits per heavy atom. The molecule has 2 amide bonds. The van der Waals surface area contributed by atoms with Gasteiger partial charge in [-0.15, -0.1) is 0 Å². The van der Waals surface area contributed by atoms with E-state index in [1.165, 1.54) is 14.2 Å². The van der Waals surface area contributed by atoms with Crippen LogP contribution in [0.25, 0.3) is 0 Å². The van der Waals surface area contributed by atoms with Crippen molar-refractivity contribution in [3.8, 4) is 0 Å². The fraction of sp³-hybridized carbons (Fsp3) is 0.435. The number of nitrogens with zero attached hydrogens (tertiary/aromatic N) is 2. The van der Waals surface area contributed by atoms with Gasteiger partial charge in [0.25, 0.3) is 5.91 Å². The van der Waals surface area contributed by atoms with Crippen LogP contribution in [-0.2, 0) is 25.5 Å². The number of hydrogen-bond acceptors (Lipinski definition) is 5. The van der Waals surface area contributed by atoms with Gasteiger partial charge in [-0.25, -0.2) is 0 Å². The number of carbonyl (C=O) groups excluding carboxylic acids is 2. The highest BCUT2D eigenvalue weighted by molar-refractivity contribution is 6.09. The highest BCUT2D eigenvalue weighted by atomic mass is 16.7. The first-order valence-corrected chi connectivity index (χ1v) is 10.1. The number of rotatable bonds is 7. The third-order valence-electron chi connectivity index (χ3n) is 6.10. The average Bonchev–Trinajstić information content (AvgIpc) is 3.57. The minimum Gasteiger partial charge on any atom is -0.348 e. The monoisotopic (exact) mass is 409 g/mol. The minimum absolute atomic E-state index is 0.104. The van der Waals surface area contributed by atoms with Gasteiger partial charge in [0.2, 0.25) is 11.7 Å². The molecule has 158 valence electrons. The first kappa shape index (κ1) is 20.5. The molecule has 1 fully saturated rings. The van der Waals surface area contributed by atoms with Gasteiger partial charge in [-0.1, -0.05) is 12.1 Å². The lowest BCUT2D eigenvalue weighted by Crippen LogP contribution is -2.43. The van der Waals surface area contributed by atoms with Gasteiger partial charge >= 0.3 is 0 Å². The average molecular weight is 409 g/mol. The second-order valence-corrected chi connectivity index (χ2v) is 8.35. The smallest absolute Gasteiger partial charge is 0.251 e. The third kappa shape index (κ3) is 3.28. The molecule has 1 aliphatic carbocycles. The molecule has 0 unspecified atom stereocenters. The number of amides is 2. The quantitative estimate of drug-likeness (QED) is 0.712. The van der Waals surface area contributed by atoms with Gasteiger partial charge < -0.3 is 19.7 Å². The van der Waals surface area contributed by atoms with E-state index in [0.717, 1.165) is 24.1 Å². The molecule has 2 aliphatic rings. The van der Waals surface area contributed by atoms with Crippen LogP contribution < -0.4 is 10.2 Å². The highest BCUT2D eigenvalue weighted by Crippen LogP contribution is 2.46. The number of hydrogen-bond donors (Lipinski definition) is 1. The highest BCUT2D eigenvalue weighted by Gasteiger charge is 2.49. The largest absolute Gasteiger partial charge is 0.348 e. The zero-order valence-corrected chi connectivity index (χ0v) is 17.8. The molecule has 1 aliphatic heterocycles. The summed E-state index contributed by atoms with van der Waals surface area (Å²) >= 11 is 0. The Morgan fingerprint density at radius 1 is 1.27 bits per heavy atom. The zero-order valence-electron chi connectivity index (χ0n) is 17.8. The third-order valence-corrected chi connectivity index (χ3v) is 6.10. The molecule has 4 rings (SSSR count). The molecule has 0 bridgehead atoms. The summed E-state index contributed by atoms with van der Waals surface area (Å²) < 4.78 is 11.2. The molecule has 0 saturated heterocycles. The Balaban J connectivity index is 1.57. The number of fused-ring (bicyclic) bond motifs is 1. The van der Waals surface area contributed by atoms with Gasteiger partial charge in [-0.3, -0.25) is 14.6 Å². The number of methoxy groups -OCH3 is 2. The molecule has 1 aromatic carbocycles. The van der Waals surface area contributed by atoms with Crippen LogP contribution in [0, 0.1) is 0 Å². The van der Waals surface area contributed by atoms with Crippen molar-refractivity contribution in [2.24, 2.45) is 0 Å². The van der Waals surface area contributed by atoms with Crippen molar-refractivity contribution in [2.75, 3.05) is 25.7 Å². The van der Waals surface area contributed by atoms with Crippen LogP contribution in [0.1, 0.15) is 48.2 Å². The van der Waals surface area contributed by atoms with Crippen molar-refractivity contribution in [1.82, 2.24) is 10.3 Å². The number of aromatic nitrogens is 1. The predicted molar refractivity (Wildman–Crippen MR) is 112 cm³/mol. The van der Waals surface area contributed by atoms with Crippen molar-refractivity contribution in [3.63, 3.8) is 0 Å². The van der Waals surface area contributed by atoms with Crippen molar-refractivity contribution < 1.29 is 19.1 Å². The number of nitrogens with one attached hydrogen (secondary N) is 1. The summed E-state index contributed by atoms with van der Waals surface area (Å²) in [6, 6.07) is 9.35. The van der Waals surface area contributed by atoms with Gasteiger partial charge in [0.15, 0.2) is 0 Å². The van der Waals surface area contributed by atoms with Gasteiger partial charge in [0.05, 0.1) is 12.0 Å². The Hall–Kier alpha value is -2.77. The lowest BCUT2D eigenvalue weighted by Gasteiger charge is -2.31. The van der Waals surface area contributed by atoms with E-state index in [2.05, 4.69) is 10.3 Å². The van der Waals surface area contributed by atoms with E-state index in [9.17, 15) is 9.59 Å². The van der Waals surface area contributed by atoms with Crippen LogP contribution in [0.15, 0.2) is 42.7 Å². The minimum atomic E-state index is -1.14. The maximum absolute atomic E-state index is 12.9. The Morgan fingerprint density at radius 2 is 2.00 bits per heavy atom. The molecule has 7 heteroatoms. The van der Waals surface area contributed by atoms with E-state index in [4.69, 9.17) is 9.47 Å². The van der Waals surface area contributed by atoms with Crippen molar-refractivity contribution in [3.05, 3.63) is 59.4 Å². The number of anilines is 1. The van der Waals surface area contributed by atoms with E-state index >= 15 is 0 Å². The number of ether oxygens (including phenoxy) is 2. The Labute approximate surface area is 176 Å². The molecule has 2 heterocycles. The predicted octanol–water partition coefficient (Wildman–Crippen LogP) is 2.74. The summed E-state index contributed by atoms with van der Waals surface area (Å²) in [4.78, 5) is 31.9. The molecule has 1 saturated carbocycles. The van der Waals surface area contributed by atoms with Gasteiger partial charge in [0.1, 0.15) is 0 Å². The lowest BCUT2D eigenvalue weighted by atomic mass is 9.86. The summed E-state index contributed by atoms with van der Waals surface area (Å²) in [7, 11) is 3.05. The summed E-state index contributed by atoms with van der Waals surface area (Å²) in [6.07, 6.45) is 5.33. The fourth-order valence-corrected chi connectivity index (χ4v) is 4.07. The maximum Gasteiger partial charge on any atom is 0.251 e. The van der Waals surface area contributed by atoms with Crippen LogP contribution >= 0.6 is 0 Å². The van der Waals surface area contributed by atoms with E-state index in [1.54, 1.807) is 24.5 Å². The zero-order chi connectivity index (χ0) is 21.5. The summed E-state index contributed by atoms with van der Waals surface area (Å²) in [5.41, 5.74) is 2.44. The molecular formula is C23H27N3O4. The van der Waals surface area contributed by atoms with Crippen LogP contribution in [0.3, 0.4) is 0 Å². The van der Waals surface area contributed by atoms with Crippen LogP contribution in [0.5, 0.6) is 0 Å². The topological polar surface area (TPSA) is 80.8 Å². The van der Waals surface area contributed by atoms with Gasteiger partial charge in [-0.05, 0) is 50.5 Å². The van der Waals surface area contributed by atoms with Crippen LogP contribution in [-0.4, -0.2) is 43.6 Å². The summed E-state index contributed by atoms with van der Waals surface area (Å²) in [5.74, 6) is -1.29. The summed E-state index contributed by atoms with van der Waals surface area (Å²) in [6.45, 7) is 3.99. The van der Waals surface area contributed by atoms with Crippen LogP contribution in [0.2, 0.25) is 0 Å². The second kappa shape index (κ2) is 7.49. The summed E-state index contributed by atoms with van der Waals surface area (Å²) in [5, 5.41) is 2.90. The molecule has 0 radical (unpaired) electrons. The molecule has 0 atom stereocenters. The molecule has 2 aromatic rings. The fourth-order valence-electron chi connectivity index (χ4n) is 4.07. The molecular weight excluding hydrogens is 382 g/mol. The Kier molecular flexibility index (Phi) is 5.11. The Bertz CT molecular complexity index is 966. The van der Waals surface area contributed by atoms with E-state index < -0.39 is 11.2 Å².